The summed E-state index contributed by atoms with van der Waals surface area (Å²) >= 11 is 1.45. The van der Waals surface area contributed by atoms with Crippen LogP contribution in [0.25, 0.3) is 0 Å². The van der Waals surface area contributed by atoms with Crippen molar-refractivity contribution in [1.29, 1.82) is 0 Å². The fourth-order valence-electron chi connectivity index (χ4n) is 8.10. The molecule has 0 radical (unpaired) electrons. The number of nitrogens with one attached hydrogen (secondary N) is 1. The Morgan fingerprint density at radius 3 is 1.40 bits per heavy atom. The maximum atomic E-state index is 15.4. The molecule has 0 bridgehead atoms. The summed E-state index contributed by atoms with van der Waals surface area (Å²) in [5, 5.41) is 4.23. The van der Waals surface area contributed by atoms with Gasteiger partial charge in [-0.3, -0.25) is 19.6 Å². The molecule has 2 atom stereocenters. The molecule has 2 aliphatic heterocycles. The summed E-state index contributed by atoms with van der Waals surface area (Å²) in [6.45, 7) is 0. The van der Waals surface area contributed by atoms with Crippen molar-refractivity contribution in [3.8, 4) is 0 Å². The van der Waals surface area contributed by atoms with E-state index in [0.29, 0.717) is 10.6 Å². The number of esters is 1. The number of nitrogens with zero attached hydrogens (tertiary/aromatic N) is 1. The Balaban J connectivity index is 1.16. The Morgan fingerprint density at radius 2 is 0.983 bits per heavy atom. The molecule has 296 valence electrons. The zero-order chi connectivity index (χ0) is 40.9. The van der Waals surface area contributed by atoms with Crippen LogP contribution in [-0.4, -0.2) is 33.9 Å². The molecule has 7 nitrogen and oxygen atoms in total. The average Bonchev–Trinajstić information content (AvgIpc) is 3.33. The third kappa shape index (κ3) is 7.28. The molecule has 0 aliphatic carbocycles. The number of benzene rings is 7. The van der Waals surface area contributed by atoms with Gasteiger partial charge in [-0.1, -0.05) is 188 Å². The highest BCUT2D eigenvalue weighted by molar-refractivity contribution is 8.00. The molecular formula is C51H41N2O5PS. The first-order chi connectivity index (χ1) is 29.5. The minimum atomic E-state index is -3.86. The van der Waals surface area contributed by atoms with E-state index >= 15 is 14.2 Å². The summed E-state index contributed by atoms with van der Waals surface area (Å²) < 4.78 is 28.6. The number of carbonyl (C=O) groups is 2. The molecule has 7 aromatic rings. The van der Waals surface area contributed by atoms with E-state index in [-0.39, 0.29) is 23.1 Å². The molecule has 1 amide bonds. The molecule has 0 saturated carbocycles. The molecule has 1 saturated heterocycles. The minimum absolute atomic E-state index is 0.0597. The summed E-state index contributed by atoms with van der Waals surface area (Å²) in [6, 6.07) is 66.5. The third-order valence-electron chi connectivity index (χ3n) is 11.0. The maximum Gasteiger partial charge on any atom is 0.359 e. The lowest BCUT2D eigenvalue weighted by Crippen LogP contribution is -2.72. The van der Waals surface area contributed by atoms with Gasteiger partial charge >= 0.3 is 13.3 Å². The van der Waals surface area contributed by atoms with Crippen LogP contribution in [0.3, 0.4) is 0 Å². The van der Waals surface area contributed by atoms with Gasteiger partial charge < -0.3 is 9.26 Å². The molecule has 60 heavy (non-hydrogen) atoms. The second kappa shape index (κ2) is 17.0. The van der Waals surface area contributed by atoms with Crippen LogP contribution in [0.2, 0.25) is 0 Å². The monoisotopic (exact) mass is 824 g/mol. The zero-order valence-corrected chi connectivity index (χ0v) is 34.2. The van der Waals surface area contributed by atoms with Gasteiger partial charge in [0.25, 0.3) is 0 Å². The average molecular weight is 825 g/mol. The van der Waals surface area contributed by atoms with Crippen LogP contribution in [0, 0.1) is 0 Å². The minimum Gasteiger partial charge on any atom is -0.448 e. The second-order valence-corrected chi connectivity index (χ2v) is 18.0. The summed E-state index contributed by atoms with van der Waals surface area (Å²) in [7, 11) is -3.86. The SMILES string of the molecule is O=C(OC(c1ccccc1)c1ccccc1)C1=C(OP(=O)(c2ccccc2)c2ccccc2)CS[C@H]2[C@H](NC(c3ccccc3)(c3ccccc3)c3ccccc3)C(=O)N12. The summed E-state index contributed by atoms with van der Waals surface area (Å²) in [6.07, 6.45) is -0.802. The van der Waals surface area contributed by atoms with Crippen molar-refractivity contribution < 1.29 is 23.4 Å². The van der Waals surface area contributed by atoms with E-state index in [9.17, 15) is 0 Å². The number of amides is 1. The van der Waals surface area contributed by atoms with Crippen LogP contribution in [-0.2, 0) is 29.0 Å². The van der Waals surface area contributed by atoms with Crippen LogP contribution < -0.4 is 15.9 Å². The van der Waals surface area contributed by atoms with Crippen LogP contribution in [0.1, 0.15) is 33.9 Å². The first-order valence-corrected chi connectivity index (χ1v) is 22.5. The molecule has 1 N–H and O–H groups in total. The Hall–Kier alpha value is -6.44. The molecular weight excluding hydrogens is 784 g/mol. The van der Waals surface area contributed by atoms with Gasteiger partial charge in [0.2, 0.25) is 5.91 Å². The van der Waals surface area contributed by atoms with Crippen LogP contribution >= 0.6 is 19.1 Å². The largest absolute Gasteiger partial charge is 0.448 e. The zero-order valence-electron chi connectivity index (χ0n) is 32.5. The summed E-state index contributed by atoms with van der Waals surface area (Å²) in [5.41, 5.74) is 3.37. The van der Waals surface area contributed by atoms with E-state index in [0.717, 1.165) is 27.8 Å². The van der Waals surface area contributed by atoms with Crippen LogP contribution in [0.4, 0.5) is 0 Å². The molecule has 2 heterocycles. The fourth-order valence-corrected chi connectivity index (χ4v) is 11.5. The van der Waals surface area contributed by atoms with Gasteiger partial charge in [-0.05, 0) is 52.1 Å². The Morgan fingerprint density at radius 1 is 0.600 bits per heavy atom. The van der Waals surface area contributed by atoms with Gasteiger partial charge in [0.15, 0.2) is 11.8 Å². The van der Waals surface area contributed by atoms with Crippen molar-refractivity contribution in [2.45, 2.75) is 23.1 Å². The Bertz CT molecular complexity index is 2470. The molecule has 0 aromatic heterocycles. The number of hydrogen-bond donors (Lipinski definition) is 1. The second-order valence-electron chi connectivity index (χ2n) is 14.6. The standard InChI is InChI=1S/C51H41N2O5PS/c54-48-45(52-51(39-26-12-3-13-27-39,40-28-14-4-15-29-40)41-30-16-5-17-31-41)49-53(48)46(50(55)57-47(37-22-8-1-9-23-37)38-24-10-2-11-25-38)44(36-60-49)58-59(56,42-32-18-6-19-33-42)43-34-20-7-21-35-43/h1-35,45,47,49,52H,36H2/t45-,49+/m1/s1. The van der Waals surface area contributed by atoms with Crippen molar-refractivity contribution in [3.63, 3.8) is 0 Å². The number of hydrogen-bond acceptors (Lipinski definition) is 7. The molecule has 0 unspecified atom stereocenters. The number of rotatable bonds is 13. The van der Waals surface area contributed by atoms with Crippen molar-refractivity contribution in [2.75, 3.05) is 5.75 Å². The molecule has 9 heteroatoms. The predicted molar refractivity (Wildman–Crippen MR) is 238 cm³/mol. The fraction of sp³-hybridized carbons (Fsp3) is 0.0980. The van der Waals surface area contributed by atoms with E-state index in [1.54, 1.807) is 24.3 Å². The van der Waals surface area contributed by atoms with Gasteiger partial charge in [0.05, 0.1) is 21.9 Å². The van der Waals surface area contributed by atoms with E-state index in [4.69, 9.17) is 9.26 Å². The Kier molecular flexibility index (Phi) is 11.1. The highest BCUT2D eigenvalue weighted by Gasteiger charge is 2.58. The first-order valence-electron chi connectivity index (χ1n) is 19.8. The predicted octanol–water partition coefficient (Wildman–Crippen LogP) is 9.34. The quantitative estimate of drug-likeness (QED) is 0.0537. The van der Waals surface area contributed by atoms with Gasteiger partial charge in [-0.25, -0.2) is 4.79 Å². The van der Waals surface area contributed by atoms with Gasteiger partial charge in [0, 0.05) is 0 Å². The third-order valence-corrected chi connectivity index (χ3v) is 14.7. The van der Waals surface area contributed by atoms with Crippen molar-refractivity contribution in [2.24, 2.45) is 0 Å². The topological polar surface area (TPSA) is 84.9 Å². The van der Waals surface area contributed by atoms with E-state index in [1.165, 1.54) is 16.7 Å². The number of carbonyl (C=O) groups excluding carboxylic acids is 2. The van der Waals surface area contributed by atoms with E-state index in [1.807, 2.05) is 152 Å². The number of thioether (sulfide) groups is 1. The first kappa shape index (κ1) is 39.0. The van der Waals surface area contributed by atoms with Crippen LogP contribution in [0.15, 0.2) is 224 Å². The lowest BCUT2D eigenvalue weighted by Gasteiger charge is -2.53. The van der Waals surface area contributed by atoms with Crippen molar-refractivity contribution in [3.05, 3.63) is 252 Å². The number of fused-ring (bicyclic) bond motifs is 1. The number of ether oxygens (including phenoxy) is 1. The van der Waals surface area contributed by atoms with Gasteiger partial charge in [-0.2, -0.15) is 0 Å². The molecule has 7 aromatic carbocycles. The van der Waals surface area contributed by atoms with E-state index in [2.05, 4.69) is 41.7 Å². The van der Waals surface area contributed by atoms with Gasteiger partial charge in [0.1, 0.15) is 17.2 Å². The Labute approximate surface area is 354 Å². The van der Waals surface area contributed by atoms with Crippen molar-refractivity contribution >= 4 is 41.6 Å². The number of β-lactam (4-membered cyclic amide) rings is 1. The summed E-state index contributed by atoms with van der Waals surface area (Å²) in [4.78, 5) is 31.6. The highest BCUT2D eigenvalue weighted by atomic mass is 32.2. The lowest BCUT2D eigenvalue weighted by atomic mass is 9.76. The molecule has 9 rings (SSSR count). The molecule has 2 aliphatic rings. The summed E-state index contributed by atoms with van der Waals surface area (Å²) in [5.74, 6) is -0.827. The molecule has 1 fully saturated rings. The molecule has 0 spiro atoms. The van der Waals surface area contributed by atoms with Crippen molar-refractivity contribution in [1.82, 2.24) is 10.2 Å². The van der Waals surface area contributed by atoms with E-state index < -0.39 is 36.4 Å². The maximum absolute atomic E-state index is 15.4. The highest BCUT2D eigenvalue weighted by Crippen LogP contribution is 2.52. The smallest absolute Gasteiger partial charge is 0.359 e. The normalized spacial score (nSPS) is 16.5. The van der Waals surface area contributed by atoms with Crippen LogP contribution in [0.5, 0.6) is 0 Å². The van der Waals surface area contributed by atoms with Gasteiger partial charge in [-0.15, -0.1) is 11.8 Å². The lowest BCUT2D eigenvalue weighted by molar-refractivity contribution is -0.154.